The zero-order chi connectivity index (χ0) is 17.4. The van der Waals surface area contributed by atoms with E-state index in [0.717, 1.165) is 44.5 Å². The lowest BCUT2D eigenvalue weighted by Gasteiger charge is -2.43. The van der Waals surface area contributed by atoms with Crippen LogP contribution in [0, 0.1) is 0 Å². The Morgan fingerprint density at radius 3 is 2.60 bits per heavy atom. The maximum Gasteiger partial charge on any atom is 0.257 e. The average Bonchev–Trinajstić information content (AvgIpc) is 3.04. The van der Waals surface area contributed by atoms with E-state index in [4.69, 9.17) is 4.74 Å². The molecule has 4 heterocycles. The van der Waals surface area contributed by atoms with Crippen molar-refractivity contribution in [3.63, 3.8) is 0 Å². The van der Waals surface area contributed by atoms with E-state index in [2.05, 4.69) is 23.8 Å². The monoisotopic (exact) mass is 342 g/mol. The summed E-state index contributed by atoms with van der Waals surface area (Å²) in [6.45, 7) is 7.91. The number of pyridine rings is 1. The molecular formula is C19H26N4O2. The van der Waals surface area contributed by atoms with Crippen LogP contribution in [0.5, 0.6) is 0 Å². The number of piperidine rings is 1. The lowest BCUT2D eigenvalue weighted by atomic mass is 10.0. The smallest absolute Gasteiger partial charge is 0.257 e. The van der Waals surface area contributed by atoms with Gasteiger partial charge in [0.25, 0.3) is 5.91 Å². The third kappa shape index (κ3) is 3.28. The normalized spacial score (nSPS) is 26.2. The number of aromatic nitrogens is 2. The van der Waals surface area contributed by atoms with Crippen molar-refractivity contribution in [1.29, 1.82) is 0 Å². The van der Waals surface area contributed by atoms with E-state index >= 15 is 0 Å². The molecule has 2 aliphatic heterocycles. The highest BCUT2D eigenvalue weighted by Crippen LogP contribution is 2.23. The lowest BCUT2D eigenvalue weighted by Crippen LogP contribution is -2.53. The van der Waals surface area contributed by atoms with Crippen LogP contribution in [-0.4, -0.2) is 69.7 Å². The molecule has 0 N–H and O–H groups in total. The van der Waals surface area contributed by atoms with Crippen LogP contribution < -0.4 is 0 Å². The Balaban J connectivity index is 1.41. The van der Waals surface area contributed by atoms with Crippen molar-refractivity contribution < 1.29 is 9.53 Å². The van der Waals surface area contributed by atoms with Crippen LogP contribution >= 0.6 is 0 Å². The van der Waals surface area contributed by atoms with Gasteiger partial charge in [0.05, 0.1) is 29.5 Å². The van der Waals surface area contributed by atoms with E-state index in [1.165, 1.54) is 0 Å². The fourth-order valence-corrected chi connectivity index (χ4v) is 4.22. The molecule has 134 valence electrons. The lowest BCUT2D eigenvalue weighted by molar-refractivity contribution is -0.0856. The molecule has 2 fully saturated rings. The second-order valence-electron chi connectivity index (χ2n) is 7.32. The fourth-order valence-electron chi connectivity index (χ4n) is 4.22. The number of hydrogen-bond donors (Lipinski definition) is 0. The largest absolute Gasteiger partial charge is 0.373 e. The summed E-state index contributed by atoms with van der Waals surface area (Å²) >= 11 is 0. The number of likely N-dealkylation sites (tertiary alicyclic amines) is 1. The number of fused-ring (bicyclic) bond motifs is 1. The first-order chi connectivity index (χ1) is 12.1. The molecule has 0 saturated carbocycles. The Labute approximate surface area is 148 Å². The minimum absolute atomic E-state index is 0.100. The van der Waals surface area contributed by atoms with Crippen LogP contribution in [0.25, 0.3) is 5.52 Å². The topological polar surface area (TPSA) is 50.1 Å². The predicted molar refractivity (Wildman–Crippen MR) is 95.7 cm³/mol. The van der Waals surface area contributed by atoms with Gasteiger partial charge in [0.2, 0.25) is 0 Å². The molecule has 0 unspecified atom stereocenters. The van der Waals surface area contributed by atoms with Crippen molar-refractivity contribution in [2.75, 3.05) is 26.2 Å². The zero-order valence-electron chi connectivity index (χ0n) is 15.0. The van der Waals surface area contributed by atoms with Crippen LogP contribution in [0.3, 0.4) is 0 Å². The predicted octanol–water partition coefficient (Wildman–Crippen LogP) is 2.05. The number of rotatable bonds is 2. The number of carbonyl (C=O) groups excluding carboxylic acids is 1. The standard InChI is InChI=1S/C19H26N4O2/c1-14-12-22(13-15(2)25-14)16-6-9-21(10-7-16)19(24)17-11-20-23-8-4-3-5-18(17)23/h3-5,8,11,14-16H,6-7,9-10,12-13H2,1-2H3/t14-,15+. The molecule has 0 spiro atoms. The van der Waals surface area contributed by atoms with Gasteiger partial charge < -0.3 is 9.64 Å². The Hall–Kier alpha value is -1.92. The third-order valence-corrected chi connectivity index (χ3v) is 5.37. The molecule has 2 aromatic rings. The minimum atomic E-state index is 0.100. The van der Waals surface area contributed by atoms with Crippen molar-refractivity contribution in [2.24, 2.45) is 0 Å². The first-order valence-electron chi connectivity index (χ1n) is 9.23. The van der Waals surface area contributed by atoms with Gasteiger partial charge in [-0.3, -0.25) is 9.69 Å². The SMILES string of the molecule is C[C@@H]1CN(C2CCN(C(=O)c3cnn4ccccc34)CC2)C[C@H](C)O1. The van der Waals surface area contributed by atoms with Crippen LogP contribution in [0.2, 0.25) is 0 Å². The Morgan fingerprint density at radius 1 is 1.16 bits per heavy atom. The quantitative estimate of drug-likeness (QED) is 0.838. The average molecular weight is 342 g/mol. The van der Waals surface area contributed by atoms with Gasteiger partial charge >= 0.3 is 0 Å². The van der Waals surface area contributed by atoms with Gasteiger partial charge in [0.1, 0.15) is 0 Å². The van der Waals surface area contributed by atoms with Crippen molar-refractivity contribution in [3.05, 3.63) is 36.2 Å². The summed E-state index contributed by atoms with van der Waals surface area (Å²) in [6, 6.07) is 6.37. The molecule has 0 aromatic carbocycles. The van der Waals surface area contributed by atoms with Gasteiger partial charge in [-0.25, -0.2) is 4.52 Å². The second kappa shape index (κ2) is 6.77. The highest BCUT2D eigenvalue weighted by atomic mass is 16.5. The van der Waals surface area contributed by atoms with Crippen molar-refractivity contribution in [1.82, 2.24) is 19.4 Å². The third-order valence-electron chi connectivity index (χ3n) is 5.37. The minimum Gasteiger partial charge on any atom is -0.373 e. The maximum absolute atomic E-state index is 12.9. The Morgan fingerprint density at radius 2 is 1.88 bits per heavy atom. The van der Waals surface area contributed by atoms with Crippen molar-refractivity contribution >= 4 is 11.4 Å². The van der Waals surface area contributed by atoms with E-state index in [9.17, 15) is 4.79 Å². The second-order valence-corrected chi connectivity index (χ2v) is 7.32. The van der Waals surface area contributed by atoms with Gasteiger partial charge in [0.15, 0.2) is 0 Å². The summed E-state index contributed by atoms with van der Waals surface area (Å²) in [5.41, 5.74) is 1.58. The van der Waals surface area contributed by atoms with Gasteiger partial charge in [0, 0.05) is 38.4 Å². The summed E-state index contributed by atoms with van der Waals surface area (Å²) in [5.74, 6) is 0.100. The summed E-state index contributed by atoms with van der Waals surface area (Å²) in [6.07, 6.45) is 6.22. The number of ether oxygens (including phenoxy) is 1. The first-order valence-corrected chi connectivity index (χ1v) is 9.23. The summed E-state index contributed by atoms with van der Waals surface area (Å²) in [7, 11) is 0. The molecular weight excluding hydrogens is 316 g/mol. The van der Waals surface area contributed by atoms with Gasteiger partial charge in [-0.2, -0.15) is 5.10 Å². The van der Waals surface area contributed by atoms with E-state index in [-0.39, 0.29) is 5.91 Å². The highest BCUT2D eigenvalue weighted by molar-refractivity contribution is 6.00. The Bertz CT molecular complexity index is 741. The molecule has 2 aromatic heterocycles. The number of carbonyl (C=O) groups is 1. The molecule has 4 rings (SSSR count). The zero-order valence-corrected chi connectivity index (χ0v) is 15.0. The number of amides is 1. The number of morpholine rings is 1. The van der Waals surface area contributed by atoms with Crippen LogP contribution in [-0.2, 0) is 4.74 Å². The molecule has 2 aliphatic rings. The fraction of sp³-hybridized carbons (Fsp3) is 0.579. The van der Waals surface area contributed by atoms with Crippen LogP contribution in [0.4, 0.5) is 0 Å². The highest BCUT2D eigenvalue weighted by Gasteiger charge is 2.32. The summed E-state index contributed by atoms with van der Waals surface area (Å²) in [5, 5.41) is 4.29. The van der Waals surface area contributed by atoms with Crippen molar-refractivity contribution in [2.45, 2.75) is 44.9 Å². The van der Waals surface area contributed by atoms with Gasteiger partial charge in [-0.05, 0) is 38.8 Å². The van der Waals surface area contributed by atoms with E-state index in [1.807, 2.05) is 29.3 Å². The van der Waals surface area contributed by atoms with Crippen molar-refractivity contribution in [3.8, 4) is 0 Å². The summed E-state index contributed by atoms with van der Waals surface area (Å²) in [4.78, 5) is 17.4. The molecule has 0 aliphatic carbocycles. The number of hydrogen-bond acceptors (Lipinski definition) is 4. The first kappa shape index (κ1) is 16.5. The van der Waals surface area contributed by atoms with E-state index < -0.39 is 0 Å². The molecule has 6 heteroatoms. The van der Waals surface area contributed by atoms with Gasteiger partial charge in [-0.1, -0.05) is 6.07 Å². The summed E-state index contributed by atoms with van der Waals surface area (Å²) < 4.78 is 7.60. The van der Waals surface area contributed by atoms with Crippen LogP contribution in [0.1, 0.15) is 37.0 Å². The molecule has 2 atom stereocenters. The van der Waals surface area contributed by atoms with E-state index in [1.54, 1.807) is 10.7 Å². The van der Waals surface area contributed by atoms with Crippen LogP contribution in [0.15, 0.2) is 30.6 Å². The van der Waals surface area contributed by atoms with Gasteiger partial charge in [-0.15, -0.1) is 0 Å². The Kier molecular flexibility index (Phi) is 4.48. The number of nitrogens with zero attached hydrogens (tertiary/aromatic N) is 4. The molecule has 0 radical (unpaired) electrons. The molecule has 25 heavy (non-hydrogen) atoms. The molecule has 0 bridgehead atoms. The molecule has 2 saturated heterocycles. The molecule has 6 nitrogen and oxygen atoms in total. The van der Waals surface area contributed by atoms with E-state index in [0.29, 0.717) is 23.8 Å². The molecule has 1 amide bonds. The maximum atomic E-state index is 12.9.